The summed E-state index contributed by atoms with van der Waals surface area (Å²) >= 11 is 6.07. The zero-order valence-corrected chi connectivity index (χ0v) is 17.0. The lowest BCUT2D eigenvalue weighted by molar-refractivity contribution is -0.137. The molecule has 11 heteroatoms. The van der Waals surface area contributed by atoms with Crippen LogP contribution >= 0.6 is 11.6 Å². The molecule has 0 atom stereocenters. The maximum atomic E-state index is 12.9. The predicted molar refractivity (Wildman–Crippen MR) is 108 cm³/mol. The fourth-order valence-electron chi connectivity index (χ4n) is 3.98. The molecule has 2 aliphatic rings. The van der Waals surface area contributed by atoms with Gasteiger partial charge in [-0.1, -0.05) is 29.8 Å². The van der Waals surface area contributed by atoms with E-state index in [1.54, 1.807) is 29.2 Å². The van der Waals surface area contributed by atoms with E-state index in [1.165, 1.54) is 5.01 Å². The van der Waals surface area contributed by atoms with E-state index in [-0.39, 0.29) is 23.2 Å². The number of halogens is 4. The molecule has 7 nitrogen and oxygen atoms in total. The Labute approximate surface area is 181 Å². The van der Waals surface area contributed by atoms with Gasteiger partial charge in [0.15, 0.2) is 0 Å². The molecule has 4 rings (SSSR count). The summed E-state index contributed by atoms with van der Waals surface area (Å²) in [5.74, 6) is -0.00978. The van der Waals surface area contributed by atoms with Crippen molar-refractivity contribution in [2.75, 3.05) is 23.3 Å². The molecule has 0 bridgehead atoms. The summed E-state index contributed by atoms with van der Waals surface area (Å²) in [6.07, 6.45) is -2.77. The lowest BCUT2D eigenvalue weighted by Crippen LogP contribution is -2.58. The highest BCUT2D eigenvalue weighted by Crippen LogP contribution is 2.39. The minimum absolute atomic E-state index is 0.0925. The maximum Gasteiger partial charge on any atom is 0.417 e. The second kappa shape index (κ2) is 7.92. The summed E-state index contributed by atoms with van der Waals surface area (Å²) in [6, 6.07) is 9.28. The average molecular weight is 454 g/mol. The largest absolute Gasteiger partial charge is 0.417 e. The van der Waals surface area contributed by atoms with E-state index in [1.807, 2.05) is 6.07 Å². The van der Waals surface area contributed by atoms with Crippen LogP contribution in [0.2, 0.25) is 5.02 Å². The number of nitrogens with one attached hydrogen (secondary N) is 2. The van der Waals surface area contributed by atoms with Crippen LogP contribution in [0.3, 0.4) is 0 Å². The number of hydrogen-bond donors (Lipinski definition) is 2. The fourth-order valence-corrected chi connectivity index (χ4v) is 4.27. The lowest BCUT2D eigenvalue weighted by Gasteiger charge is -2.43. The van der Waals surface area contributed by atoms with Crippen LogP contribution < -0.4 is 15.6 Å². The number of pyridine rings is 1. The molecular formula is C20H19ClF3N5O2. The molecule has 2 aliphatic heterocycles. The fraction of sp³-hybridized carbons (Fsp3) is 0.350. The number of amides is 3. The first-order valence-corrected chi connectivity index (χ1v) is 9.99. The Kier molecular flexibility index (Phi) is 5.42. The number of hydrogen-bond acceptors (Lipinski definition) is 4. The Balaban J connectivity index is 1.48. The quantitative estimate of drug-likeness (QED) is 0.719. The number of anilines is 2. The molecule has 0 radical (unpaired) electrons. The highest BCUT2D eigenvalue weighted by molar-refractivity contribution is 6.33. The maximum absolute atomic E-state index is 12.9. The van der Waals surface area contributed by atoms with Gasteiger partial charge in [0, 0.05) is 25.0 Å². The third-order valence-corrected chi connectivity index (χ3v) is 5.85. The molecule has 2 saturated heterocycles. The van der Waals surface area contributed by atoms with Crippen molar-refractivity contribution in [3.63, 3.8) is 0 Å². The topological polar surface area (TPSA) is 77.6 Å². The highest BCUT2D eigenvalue weighted by atomic mass is 35.5. The van der Waals surface area contributed by atoms with Crippen molar-refractivity contribution in [1.29, 1.82) is 0 Å². The number of rotatable bonds is 2. The monoisotopic (exact) mass is 453 g/mol. The zero-order valence-electron chi connectivity index (χ0n) is 16.2. The van der Waals surface area contributed by atoms with Crippen molar-refractivity contribution < 1.29 is 22.8 Å². The van der Waals surface area contributed by atoms with Crippen LogP contribution in [0.5, 0.6) is 0 Å². The number of benzene rings is 1. The standard InChI is InChI=1S/C20H19ClF3N5O2/c21-15-10-13(20(22,23)24)12-25-17(15)28-8-6-19(7-9-28)11-16(30)27-29(19)18(31)26-14-4-2-1-3-5-14/h1-5,10,12H,6-9,11H2,(H,26,31)(H,27,30). The summed E-state index contributed by atoms with van der Waals surface area (Å²) in [6.45, 7) is 0.754. The molecule has 1 spiro atoms. The SMILES string of the molecule is O=C1CC2(CCN(c3ncc(C(F)(F)F)cc3Cl)CC2)N(C(=O)Nc2ccccc2)N1. The molecule has 2 aromatic rings. The van der Waals surface area contributed by atoms with Gasteiger partial charge in [-0.3, -0.25) is 10.2 Å². The summed E-state index contributed by atoms with van der Waals surface area (Å²) in [5, 5.41) is 4.01. The van der Waals surface area contributed by atoms with Gasteiger partial charge in [-0.2, -0.15) is 13.2 Å². The molecule has 31 heavy (non-hydrogen) atoms. The predicted octanol–water partition coefficient (Wildman–Crippen LogP) is 4.06. The summed E-state index contributed by atoms with van der Waals surface area (Å²) in [5.41, 5.74) is 1.58. The average Bonchev–Trinajstić information content (AvgIpc) is 3.04. The Hall–Kier alpha value is -3.01. The smallest absolute Gasteiger partial charge is 0.355 e. The Bertz CT molecular complexity index is 994. The third kappa shape index (κ3) is 4.25. The van der Waals surface area contributed by atoms with E-state index >= 15 is 0 Å². The normalized spacial score (nSPS) is 18.3. The molecular weight excluding hydrogens is 435 g/mol. The number of alkyl halides is 3. The molecule has 2 fully saturated rings. The summed E-state index contributed by atoms with van der Waals surface area (Å²) in [4.78, 5) is 30.6. The van der Waals surface area contributed by atoms with E-state index in [0.717, 1.165) is 12.3 Å². The van der Waals surface area contributed by atoms with E-state index in [0.29, 0.717) is 31.6 Å². The van der Waals surface area contributed by atoms with E-state index < -0.39 is 23.3 Å². The molecule has 164 valence electrons. The molecule has 0 saturated carbocycles. The highest BCUT2D eigenvalue weighted by Gasteiger charge is 2.50. The molecule has 1 aromatic carbocycles. The lowest BCUT2D eigenvalue weighted by atomic mass is 9.85. The van der Waals surface area contributed by atoms with Crippen molar-refractivity contribution >= 4 is 35.0 Å². The van der Waals surface area contributed by atoms with Gasteiger partial charge in [-0.15, -0.1) is 0 Å². The molecule has 0 unspecified atom stereocenters. The van der Waals surface area contributed by atoms with Gasteiger partial charge in [0.1, 0.15) is 5.82 Å². The van der Waals surface area contributed by atoms with Crippen LogP contribution in [0.4, 0.5) is 29.5 Å². The number of carbonyl (C=O) groups is 2. The van der Waals surface area contributed by atoms with E-state index in [2.05, 4.69) is 15.7 Å². The van der Waals surface area contributed by atoms with Crippen molar-refractivity contribution in [1.82, 2.24) is 15.4 Å². The summed E-state index contributed by atoms with van der Waals surface area (Å²) < 4.78 is 38.6. The number of urea groups is 1. The van der Waals surface area contributed by atoms with E-state index in [9.17, 15) is 22.8 Å². The van der Waals surface area contributed by atoms with Gasteiger partial charge >= 0.3 is 12.2 Å². The van der Waals surface area contributed by atoms with Crippen LogP contribution in [-0.2, 0) is 11.0 Å². The van der Waals surface area contributed by atoms with Gasteiger partial charge in [-0.25, -0.2) is 14.8 Å². The first kappa shape index (κ1) is 21.2. The van der Waals surface area contributed by atoms with Crippen LogP contribution in [-0.4, -0.2) is 40.6 Å². The number of hydrazine groups is 1. The first-order valence-electron chi connectivity index (χ1n) is 9.61. The van der Waals surface area contributed by atoms with Crippen molar-refractivity contribution in [3.8, 4) is 0 Å². The third-order valence-electron chi connectivity index (χ3n) is 5.57. The van der Waals surface area contributed by atoms with Crippen LogP contribution in [0.25, 0.3) is 0 Å². The second-order valence-corrected chi connectivity index (χ2v) is 7.99. The second-order valence-electron chi connectivity index (χ2n) is 7.58. The van der Waals surface area contributed by atoms with Crippen molar-refractivity contribution in [2.45, 2.75) is 31.0 Å². The number of para-hydroxylation sites is 1. The Morgan fingerprint density at radius 1 is 1.19 bits per heavy atom. The van der Waals surface area contributed by atoms with Crippen LogP contribution in [0.1, 0.15) is 24.8 Å². The Morgan fingerprint density at radius 3 is 2.48 bits per heavy atom. The number of aromatic nitrogens is 1. The molecule has 1 aromatic heterocycles. The molecule has 3 heterocycles. The minimum Gasteiger partial charge on any atom is -0.355 e. The van der Waals surface area contributed by atoms with Crippen molar-refractivity contribution in [2.24, 2.45) is 0 Å². The van der Waals surface area contributed by atoms with Gasteiger partial charge in [0.05, 0.1) is 22.5 Å². The molecule has 0 aliphatic carbocycles. The Morgan fingerprint density at radius 2 is 1.87 bits per heavy atom. The minimum atomic E-state index is -4.52. The summed E-state index contributed by atoms with van der Waals surface area (Å²) in [7, 11) is 0. The van der Waals surface area contributed by atoms with Gasteiger partial charge in [0.25, 0.3) is 0 Å². The van der Waals surface area contributed by atoms with Gasteiger partial charge in [0.2, 0.25) is 5.91 Å². The number of nitrogens with zero attached hydrogens (tertiary/aromatic N) is 3. The van der Waals surface area contributed by atoms with Crippen molar-refractivity contribution in [3.05, 3.63) is 53.2 Å². The van der Waals surface area contributed by atoms with Crippen LogP contribution in [0, 0.1) is 0 Å². The first-order chi connectivity index (χ1) is 14.7. The zero-order chi connectivity index (χ0) is 22.2. The van der Waals surface area contributed by atoms with Gasteiger partial charge < -0.3 is 10.2 Å². The van der Waals surface area contributed by atoms with E-state index in [4.69, 9.17) is 11.6 Å². The van der Waals surface area contributed by atoms with Gasteiger partial charge in [-0.05, 0) is 31.0 Å². The van der Waals surface area contributed by atoms with Crippen LogP contribution in [0.15, 0.2) is 42.6 Å². The molecule has 2 N–H and O–H groups in total. The number of carbonyl (C=O) groups excluding carboxylic acids is 2. The number of piperidine rings is 1. The molecule has 3 amide bonds.